The lowest BCUT2D eigenvalue weighted by molar-refractivity contribution is -0.122. The molecule has 204 valence electrons. The molecule has 0 saturated heterocycles. The van der Waals surface area contributed by atoms with E-state index in [-0.39, 0.29) is 35.9 Å². The second kappa shape index (κ2) is 12.0. The van der Waals surface area contributed by atoms with Crippen molar-refractivity contribution in [1.82, 2.24) is 25.1 Å². The average Bonchev–Trinajstić information content (AvgIpc) is 2.94. The number of likely N-dealkylation sites (N-methyl/N-ethyl adjacent to an activating group) is 1. The largest absolute Gasteiger partial charge is 0.348 e. The number of amides is 3. The van der Waals surface area contributed by atoms with Gasteiger partial charge in [0.1, 0.15) is 18.1 Å². The number of carbonyl (C=O) groups is 3. The maximum absolute atomic E-state index is 13.6. The first-order chi connectivity index (χ1) is 18.7. The number of hydrogen-bond acceptors (Lipinski definition) is 6. The van der Waals surface area contributed by atoms with Crippen LogP contribution in [0.3, 0.4) is 0 Å². The molecule has 0 spiro atoms. The molecule has 1 aromatic heterocycles. The fourth-order valence-electron chi connectivity index (χ4n) is 4.66. The molecule has 0 radical (unpaired) electrons. The van der Waals surface area contributed by atoms with Crippen molar-refractivity contribution in [3.05, 3.63) is 81.8 Å². The van der Waals surface area contributed by atoms with Gasteiger partial charge in [-0.2, -0.15) is 0 Å². The van der Waals surface area contributed by atoms with E-state index in [0.717, 1.165) is 24.8 Å². The second-order valence-electron chi connectivity index (χ2n) is 9.88. The van der Waals surface area contributed by atoms with E-state index in [4.69, 9.17) is 0 Å². The first-order valence-electron chi connectivity index (χ1n) is 13.0. The van der Waals surface area contributed by atoms with Crippen LogP contribution in [0.4, 0.5) is 5.69 Å². The highest BCUT2D eigenvalue weighted by Gasteiger charge is 2.24. The van der Waals surface area contributed by atoms with E-state index >= 15 is 0 Å². The van der Waals surface area contributed by atoms with E-state index in [2.05, 4.69) is 27.0 Å². The van der Waals surface area contributed by atoms with Crippen molar-refractivity contribution in [2.75, 3.05) is 26.5 Å². The highest BCUT2D eigenvalue weighted by Crippen LogP contribution is 2.29. The number of hydrogen-bond donors (Lipinski definition) is 3. The number of aromatic nitrogens is 2. The highest BCUT2D eigenvalue weighted by molar-refractivity contribution is 5.95. The van der Waals surface area contributed by atoms with Gasteiger partial charge in [-0.05, 0) is 56.5 Å². The minimum absolute atomic E-state index is 0.0396. The zero-order valence-electron chi connectivity index (χ0n) is 22.7. The van der Waals surface area contributed by atoms with Crippen LogP contribution >= 0.6 is 0 Å². The molecule has 3 aromatic rings. The van der Waals surface area contributed by atoms with E-state index in [1.165, 1.54) is 21.2 Å². The normalized spacial score (nSPS) is 15.1. The van der Waals surface area contributed by atoms with Crippen molar-refractivity contribution in [3.8, 4) is 11.4 Å². The number of nitrogens with one attached hydrogen (secondary N) is 3. The summed E-state index contributed by atoms with van der Waals surface area (Å²) in [6.07, 6.45) is 4.00. The summed E-state index contributed by atoms with van der Waals surface area (Å²) in [5.74, 6) is -0.747. The Morgan fingerprint density at radius 3 is 2.64 bits per heavy atom. The molecule has 1 aliphatic carbocycles. The van der Waals surface area contributed by atoms with Gasteiger partial charge < -0.3 is 20.9 Å². The molecular formula is C29H34N6O4. The van der Waals surface area contributed by atoms with Gasteiger partial charge in [0.2, 0.25) is 11.8 Å². The lowest BCUT2D eigenvalue weighted by atomic mass is 9.88. The predicted molar refractivity (Wildman–Crippen MR) is 149 cm³/mol. The third-order valence-electron chi connectivity index (χ3n) is 6.91. The molecule has 1 unspecified atom stereocenters. The molecule has 0 aliphatic heterocycles. The second-order valence-corrected chi connectivity index (χ2v) is 9.88. The molecule has 0 bridgehead atoms. The Bertz CT molecular complexity index is 1450. The summed E-state index contributed by atoms with van der Waals surface area (Å²) in [7, 11) is 4.95. The molecule has 2 aromatic carbocycles. The molecule has 39 heavy (non-hydrogen) atoms. The molecule has 3 N–H and O–H groups in total. The lowest BCUT2D eigenvalue weighted by Gasteiger charge is -2.26. The Morgan fingerprint density at radius 2 is 1.90 bits per heavy atom. The Hall–Kier alpha value is -4.31. The number of fused-ring (bicyclic) bond motifs is 1. The van der Waals surface area contributed by atoms with Crippen molar-refractivity contribution in [2.45, 2.75) is 44.8 Å². The van der Waals surface area contributed by atoms with Crippen LogP contribution in [-0.2, 0) is 22.6 Å². The van der Waals surface area contributed by atoms with Crippen molar-refractivity contribution in [2.24, 2.45) is 0 Å². The van der Waals surface area contributed by atoms with Crippen LogP contribution in [0, 0.1) is 0 Å². The van der Waals surface area contributed by atoms with Crippen LogP contribution in [-0.4, -0.2) is 59.4 Å². The lowest BCUT2D eigenvalue weighted by Crippen LogP contribution is -2.40. The van der Waals surface area contributed by atoms with E-state index in [9.17, 15) is 19.2 Å². The smallest absolute Gasteiger partial charge is 0.278 e. The van der Waals surface area contributed by atoms with Crippen LogP contribution in [0.25, 0.3) is 11.4 Å². The minimum atomic E-state index is -0.569. The fourth-order valence-corrected chi connectivity index (χ4v) is 4.66. The third-order valence-corrected chi connectivity index (χ3v) is 6.91. The van der Waals surface area contributed by atoms with Gasteiger partial charge in [-0.15, -0.1) is 0 Å². The molecule has 0 saturated carbocycles. The number of anilines is 1. The Kier molecular flexibility index (Phi) is 8.55. The summed E-state index contributed by atoms with van der Waals surface area (Å²) >= 11 is 0. The van der Waals surface area contributed by atoms with Gasteiger partial charge in [0, 0.05) is 25.2 Å². The van der Waals surface area contributed by atoms with Crippen LogP contribution in [0.5, 0.6) is 0 Å². The SMILES string of the molecule is CN[C@@H](C)C(=O)Nc1cnc(-c2cccc(C(=O)N(C)C)c2)n(CC(=O)NC2CCCc3ccccc32)c1=O. The van der Waals surface area contributed by atoms with Gasteiger partial charge in [0.25, 0.3) is 11.5 Å². The topological polar surface area (TPSA) is 125 Å². The van der Waals surface area contributed by atoms with Crippen LogP contribution in [0.15, 0.2) is 59.5 Å². The Balaban J connectivity index is 1.70. The summed E-state index contributed by atoms with van der Waals surface area (Å²) in [5, 5.41) is 8.51. The molecule has 4 rings (SSSR count). The van der Waals surface area contributed by atoms with Gasteiger partial charge in [-0.25, -0.2) is 4.98 Å². The van der Waals surface area contributed by atoms with Gasteiger partial charge in [-0.1, -0.05) is 36.4 Å². The van der Waals surface area contributed by atoms with Crippen molar-refractivity contribution in [3.63, 3.8) is 0 Å². The Labute approximate surface area is 227 Å². The summed E-state index contributed by atoms with van der Waals surface area (Å²) in [5.41, 5.74) is 2.60. The zero-order valence-corrected chi connectivity index (χ0v) is 22.7. The van der Waals surface area contributed by atoms with E-state index in [0.29, 0.717) is 11.1 Å². The molecule has 2 atom stereocenters. The molecule has 1 aliphatic rings. The number of rotatable bonds is 8. The van der Waals surface area contributed by atoms with E-state index in [1.807, 2.05) is 18.2 Å². The predicted octanol–water partition coefficient (Wildman–Crippen LogP) is 2.35. The van der Waals surface area contributed by atoms with E-state index < -0.39 is 17.5 Å². The highest BCUT2D eigenvalue weighted by atomic mass is 16.2. The molecule has 10 nitrogen and oxygen atoms in total. The Morgan fingerprint density at radius 1 is 1.13 bits per heavy atom. The monoisotopic (exact) mass is 530 g/mol. The number of nitrogens with zero attached hydrogens (tertiary/aromatic N) is 3. The summed E-state index contributed by atoms with van der Waals surface area (Å²) in [6, 6.07) is 14.1. The van der Waals surface area contributed by atoms with Gasteiger partial charge in [0.05, 0.1) is 18.3 Å². The maximum Gasteiger partial charge on any atom is 0.278 e. The molecular weight excluding hydrogens is 496 g/mol. The van der Waals surface area contributed by atoms with Crippen molar-refractivity contribution in [1.29, 1.82) is 0 Å². The maximum atomic E-state index is 13.6. The van der Waals surface area contributed by atoms with Gasteiger partial charge in [-0.3, -0.25) is 23.7 Å². The average molecular weight is 531 g/mol. The molecule has 3 amide bonds. The van der Waals surface area contributed by atoms with Crippen LogP contribution < -0.4 is 21.5 Å². The van der Waals surface area contributed by atoms with Gasteiger partial charge >= 0.3 is 0 Å². The van der Waals surface area contributed by atoms with Gasteiger partial charge in [0.15, 0.2) is 0 Å². The standard InChI is InChI=1S/C29H34N6O4/c1-18(30-2)27(37)33-24-16-31-26(20-11-7-12-21(15-20)28(38)34(3)4)35(29(24)39)17-25(36)32-23-14-8-10-19-9-5-6-13-22(19)23/h5-7,9,11-13,15-16,18,23,30H,8,10,14,17H2,1-4H3,(H,32,36)(H,33,37)/t18-,23?/m0/s1. The summed E-state index contributed by atoms with van der Waals surface area (Å²) < 4.78 is 1.24. The number of benzene rings is 2. The van der Waals surface area contributed by atoms with Crippen LogP contribution in [0.2, 0.25) is 0 Å². The van der Waals surface area contributed by atoms with Crippen molar-refractivity contribution < 1.29 is 14.4 Å². The van der Waals surface area contributed by atoms with Crippen molar-refractivity contribution >= 4 is 23.4 Å². The first-order valence-corrected chi connectivity index (χ1v) is 13.0. The quantitative estimate of drug-likeness (QED) is 0.411. The summed E-state index contributed by atoms with van der Waals surface area (Å²) in [6.45, 7) is 1.36. The fraction of sp³-hybridized carbons (Fsp3) is 0.345. The zero-order chi connectivity index (χ0) is 28.1. The minimum Gasteiger partial charge on any atom is -0.348 e. The summed E-state index contributed by atoms with van der Waals surface area (Å²) in [4.78, 5) is 57.9. The molecule has 1 heterocycles. The molecule has 0 fully saturated rings. The third kappa shape index (κ3) is 6.23. The van der Waals surface area contributed by atoms with Crippen LogP contribution in [0.1, 0.15) is 47.3 Å². The number of carbonyl (C=O) groups excluding carboxylic acids is 3. The number of aryl methyl sites for hydroxylation is 1. The van der Waals surface area contributed by atoms with E-state index in [1.54, 1.807) is 52.3 Å². The molecule has 10 heteroatoms. The first kappa shape index (κ1) is 27.7.